The number of hydrogen-bond acceptors (Lipinski definition) is 9. The molecule has 16 heteroatoms. The summed E-state index contributed by atoms with van der Waals surface area (Å²) in [7, 11) is -4.41. The van der Waals surface area contributed by atoms with E-state index >= 15 is 8.78 Å². The van der Waals surface area contributed by atoms with Crippen LogP contribution in [-0.4, -0.2) is 57.2 Å². The maximum absolute atomic E-state index is 15.8. The van der Waals surface area contributed by atoms with E-state index in [1.54, 1.807) is 23.0 Å². The first-order valence-corrected chi connectivity index (χ1v) is 16.6. The average Bonchev–Trinajstić information content (AvgIpc) is 3.50. The highest BCUT2D eigenvalue weighted by Gasteiger charge is 2.25. The molecule has 1 saturated heterocycles. The highest BCUT2D eigenvalue weighted by atomic mass is 35.5. The van der Waals surface area contributed by atoms with Gasteiger partial charge in [-0.1, -0.05) is 35.3 Å². The third-order valence-corrected chi connectivity index (χ3v) is 10.1. The van der Waals surface area contributed by atoms with Crippen molar-refractivity contribution in [1.29, 1.82) is 0 Å². The lowest BCUT2D eigenvalue weighted by Gasteiger charge is -2.32. The van der Waals surface area contributed by atoms with E-state index in [1.165, 1.54) is 24.5 Å². The Morgan fingerprint density at radius 2 is 1.79 bits per heavy atom. The maximum atomic E-state index is 15.8. The first kappa shape index (κ1) is 31.0. The summed E-state index contributed by atoms with van der Waals surface area (Å²) in [6.07, 6.45) is 4.05. The van der Waals surface area contributed by atoms with Gasteiger partial charge < -0.3 is 15.3 Å². The number of nitrogens with one attached hydrogen (secondary N) is 2. The number of para-hydroxylation sites is 1. The number of imidazole rings is 1. The molecule has 0 unspecified atom stereocenters. The van der Waals surface area contributed by atoms with Gasteiger partial charge >= 0.3 is 0 Å². The monoisotopic (exact) mass is 696 g/mol. The lowest BCUT2D eigenvalue weighted by atomic mass is 10.1. The van der Waals surface area contributed by atoms with Gasteiger partial charge in [0.15, 0.2) is 11.6 Å². The van der Waals surface area contributed by atoms with Crippen LogP contribution in [0.2, 0.25) is 10.0 Å². The van der Waals surface area contributed by atoms with Gasteiger partial charge in [0.2, 0.25) is 0 Å². The maximum Gasteiger partial charge on any atom is 0.263 e. The third kappa shape index (κ3) is 5.78. The summed E-state index contributed by atoms with van der Waals surface area (Å²) in [6.45, 7) is 1.31. The van der Waals surface area contributed by atoms with Crippen LogP contribution in [-0.2, 0) is 10.0 Å². The highest BCUT2D eigenvalue weighted by molar-refractivity contribution is 7.92. The van der Waals surface area contributed by atoms with Gasteiger partial charge in [-0.15, -0.1) is 0 Å². The third-order valence-electron chi connectivity index (χ3n) is 7.79. The molecular weight excluding hydrogens is 673 g/mol. The van der Waals surface area contributed by atoms with Crippen molar-refractivity contribution in [3.8, 4) is 5.82 Å². The molecule has 0 spiro atoms. The number of sulfonamides is 1. The van der Waals surface area contributed by atoms with Crippen LogP contribution in [0.3, 0.4) is 0 Å². The molecule has 1 aliphatic heterocycles. The van der Waals surface area contributed by atoms with Crippen molar-refractivity contribution in [2.24, 2.45) is 0 Å². The van der Waals surface area contributed by atoms with Crippen molar-refractivity contribution in [1.82, 2.24) is 24.5 Å². The number of β-amino-alcohol motifs (C(OH)–C–C–N with tert-alkyl or cyclic N) is 1. The fraction of sp³-hybridized carbons (Fsp3) is 0.161. The van der Waals surface area contributed by atoms with Gasteiger partial charge in [-0.3, -0.25) is 9.29 Å². The first-order chi connectivity index (χ1) is 22.6. The Hall–Kier alpha value is -4.63. The number of hydrogen-bond donors (Lipinski definition) is 3. The van der Waals surface area contributed by atoms with Crippen molar-refractivity contribution >= 4 is 78.2 Å². The van der Waals surface area contributed by atoms with E-state index in [-0.39, 0.29) is 26.3 Å². The second-order valence-corrected chi connectivity index (χ2v) is 13.3. The Balaban J connectivity index is 1.24. The predicted molar refractivity (Wildman–Crippen MR) is 176 cm³/mol. The lowest BCUT2D eigenvalue weighted by molar-refractivity contribution is 0.154. The second-order valence-electron chi connectivity index (χ2n) is 10.8. The Morgan fingerprint density at radius 1 is 0.957 bits per heavy atom. The Kier molecular flexibility index (Phi) is 8.04. The minimum absolute atomic E-state index is 0.00930. The standard InChI is InChI=1S/C31H24Cl2F2N8O3S/c32-18-5-1-8-24(26(18)33)47(45,46)41-20-10-9-19(34)28(27(20)35)40-31-29-21(36-15-37-31)11-12-25(39-29)43-16-38-30-22(6-2-7-23(30)43)42-13-3-4-17(44)14-42/h1-2,5-12,15-17,41,44H,3-4,13-14H2,(H,36,37,40)/t17-/m0/s1. The minimum atomic E-state index is -4.41. The van der Waals surface area contributed by atoms with Gasteiger partial charge in [0.05, 0.1) is 38.6 Å². The number of benzene rings is 3. The number of aliphatic hydroxyl groups excluding tert-OH is 1. The fourth-order valence-electron chi connectivity index (χ4n) is 5.55. The molecule has 1 aliphatic rings. The number of aromatic nitrogens is 5. The molecule has 11 nitrogen and oxygen atoms in total. The van der Waals surface area contributed by atoms with Crippen LogP contribution >= 0.6 is 23.2 Å². The van der Waals surface area contributed by atoms with Crippen LogP contribution in [0.5, 0.6) is 0 Å². The zero-order chi connectivity index (χ0) is 32.9. The van der Waals surface area contributed by atoms with Crippen molar-refractivity contribution in [3.05, 3.63) is 95.0 Å². The Labute approximate surface area is 276 Å². The van der Waals surface area contributed by atoms with Gasteiger partial charge in [0.25, 0.3) is 10.0 Å². The van der Waals surface area contributed by atoms with Gasteiger partial charge in [-0.05, 0) is 61.4 Å². The average molecular weight is 698 g/mol. The molecule has 0 aliphatic carbocycles. The summed E-state index contributed by atoms with van der Waals surface area (Å²) < 4.78 is 60.8. The molecule has 3 aromatic carbocycles. The highest BCUT2D eigenvalue weighted by Crippen LogP contribution is 2.35. The largest absolute Gasteiger partial charge is 0.391 e. The molecule has 4 heterocycles. The number of halogens is 4. The van der Waals surface area contributed by atoms with E-state index in [4.69, 9.17) is 28.2 Å². The zero-order valence-electron chi connectivity index (χ0n) is 24.2. The number of pyridine rings is 1. The van der Waals surface area contributed by atoms with E-state index in [2.05, 4.69) is 29.9 Å². The minimum Gasteiger partial charge on any atom is -0.391 e. The molecule has 6 aromatic rings. The number of nitrogens with zero attached hydrogens (tertiary/aromatic N) is 6. The normalized spacial score (nSPS) is 15.3. The van der Waals surface area contributed by atoms with Crippen LogP contribution in [0.25, 0.3) is 27.9 Å². The molecule has 3 aromatic heterocycles. The van der Waals surface area contributed by atoms with Crippen molar-refractivity contribution < 1.29 is 22.3 Å². The van der Waals surface area contributed by atoms with Crippen LogP contribution in [0.1, 0.15) is 12.8 Å². The number of fused-ring (bicyclic) bond motifs is 2. The number of anilines is 4. The molecule has 7 rings (SSSR count). The molecule has 47 heavy (non-hydrogen) atoms. The van der Waals surface area contributed by atoms with Crippen molar-refractivity contribution in [2.45, 2.75) is 23.8 Å². The van der Waals surface area contributed by atoms with Crippen LogP contribution in [0, 0.1) is 11.6 Å². The molecule has 1 fully saturated rings. The van der Waals surface area contributed by atoms with E-state index < -0.39 is 39.1 Å². The van der Waals surface area contributed by atoms with E-state index in [0.717, 1.165) is 48.2 Å². The van der Waals surface area contributed by atoms with E-state index in [0.29, 0.717) is 17.9 Å². The Bertz CT molecular complexity index is 2290. The van der Waals surface area contributed by atoms with E-state index in [9.17, 15) is 13.5 Å². The smallest absolute Gasteiger partial charge is 0.263 e. The summed E-state index contributed by atoms with van der Waals surface area (Å²) in [5.41, 5.74) is 1.75. The van der Waals surface area contributed by atoms with Gasteiger partial charge in [0.1, 0.15) is 45.9 Å². The molecule has 240 valence electrons. The molecule has 0 amide bonds. The fourth-order valence-corrected chi connectivity index (χ4v) is 7.37. The van der Waals surface area contributed by atoms with Crippen molar-refractivity contribution in [3.63, 3.8) is 0 Å². The topological polar surface area (TPSA) is 138 Å². The SMILES string of the molecule is O=S(=O)(Nc1ccc(F)c(Nc2ncnc3ccc(-n4cnc5c(N6CCC[C@H](O)C6)cccc54)nc23)c1F)c1cccc(Cl)c1Cl. The van der Waals surface area contributed by atoms with Crippen LogP contribution in [0.4, 0.5) is 31.7 Å². The summed E-state index contributed by atoms with van der Waals surface area (Å²) in [6, 6.07) is 15.0. The number of aliphatic hydroxyl groups is 1. The summed E-state index contributed by atoms with van der Waals surface area (Å²) in [5, 5.41) is 12.6. The zero-order valence-corrected chi connectivity index (χ0v) is 26.5. The summed E-state index contributed by atoms with van der Waals surface area (Å²) in [4.78, 5) is 19.5. The first-order valence-electron chi connectivity index (χ1n) is 14.3. The molecule has 0 saturated carbocycles. The van der Waals surface area contributed by atoms with Gasteiger partial charge in [0, 0.05) is 13.1 Å². The molecule has 0 radical (unpaired) electrons. The second kappa shape index (κ2) is 12.2. The van der Waals surface area contributed by atoms with Gasteiger partial charge in [-0.2, -0.15) is 0 Å². The molecule has 0 bridgehead atoms. The number of rotatable bonds is 7. The Morgan fingerprint density at radius 3 is 2.62 bits per heavy atom. The molecule has 1 atom stereocenters. The summed E-state index contributed by atoms with van der Waals surface area (Å²) in [5.74, 6) is -1.83. The summed E-state index contributed by atoms with van der Waals surface area (Å²) >= 11 is 12.0. The van der Waals surface area contributed by atoms with Crippen LogP contribution < -0.4 is 14.9 Å². The quantitative estimate of drug-likeness (QED) is 0.172. The lowest BCUT2D eigenvalue weighted by Crippen LogP contribution is -2.38. The predicted octanol–water partition coefficient (Wildman–Crippen LogP) is 6.45. The molecular formula is C31H24Cl2F2N8O3S. The number of piperidine rings is 1. The van der Waals surface area contributed by atoms with Gasteiger partial charge in [-0.25, -0.2) is 37.1 Å². The molecule has 3 N–H and O–H groups in total. The van der Waals surface area contributed by atoms with Crippen LogP contribution in [0.15, 0.2) is 78.2 Å². The van der Waals surface area contributed by atoms with Crippen molar-refractivity contribution in [2.75, 3.05) is 28.0 Å². The van der Waals surface area contributed by atoms with E-state index in [1.807, 2.05) is 18.2 Å².